The number of ether oxygens (including phenoxy) is 1. The van der Waals surface area contributed by atoms with Gasteiger partial charge in [-0.15, -0.1) is 0 Å². The normalized spacial score (nSPS) is 9.65. The van der Waals surface area contributed by atoms with Crippen molar-refractivity contribution < 1.29 is 19.1 Å². The Hall–Kier alpha value is -2.48. The average Bonchev–Trinajstić information content (AvgIpc) is 2.47. The first kappa shape index (κ1) is 18.6. The molecule has 0 fully saturated rings. The van der Waals surface area contributed by atoms with Crippen molar-refractivity contribution in [2.45, 2.75) is 26.7 Å². The molecule has 0 bridgehead atoms. The Labute approximate surface area is 139 Å². The molecule has 7 nitrogen and oxygen atoms in total. The number of hydrogen-bond donors (Lipinski definition) is 3. The van der Waals surface area contributed by atoms with Gasteiger partial charge in [0, 0.05) is 24.7 Å². The molecule has 1 aromatic carbocycles. The number of carbonyl (C=O) groups excluding carboxylic acids is 3. The Bertz CT molecular complexity index is 587. The van der Waals surface area contributed by atoms with Crippen molar-refractivity contribution in [1.29, 1.82) is 0 Å². The zero-order valence-electron chi connectivity index (χ0n) is 13.0. The maximum Gasteiger partial charge on any atom is 0.306 e. The maximum atomic E-state index is 11.6. The second kappa shape index (κ2) is 9.52. The molecule has 23 heavy (non-hydrogen) atoms. The summed E-state index contributed by atoms with van der Waals surface area (Å²) in [4.78, 5) is 33.7. The summed E-state index contributed by atoms with van der Waals surface area (Å²) in [5, 5.41) is 8.09. The van der Waals surface area contributed by atoms with Crippen LogP contribution < -0.4 is 16.0 Å². The summed E-state index contributed by atoms with van der Waals surface area (Å²) in [6, 6.07) is 6.83. The van der Waals surface area contributed by atoms with Gasteiger partial charge in [-0.3, -0.25) is 14.4 Å². The van der Waals surface area contributed by atoms with E-state index in [1.807, 2.05) is 0 Å². The van der Waals surface area contributed by atoms with Gasteiger partial charge in [0.05, 0.1) is 13.0 Å². The molecule has 0 aromatic heterocycles. The van der Waals surface area contributed by atoms with Gasteiger partial charge in [-0.1, -0.05) is 0 Å². The van der Waals surface area contributed by atoms with E-state index in [1.165, 1.54) is 6.92 Å². The molecule has 0 saturated heterocycles. The van der Waals surface area contributed by atoms with Crippen molar-refractivity contribution in [1.82, 2.24) is 5.32 Å². The van der Waals surface area contributed by atoms with Crippen LogP contribution in [-0.4, -0.2) is 29.5 Å². The quantitative estimate of drug-likeness (QED) is 0.541. The fourth-order valence-electron chi connectivity index (χ4n) is 1.64. The predicted molar refractivity (Wildman–Crippen MR) is 91.0 cm³/mol. The summed E-state index contributed by atoms with van der Waals surface area (Å²) in [5.41, 5.74) is 1.32. The minimum absolute atomic E-state index is 0.00211. The van der Waals surface area contributed by atoms with Gasteiger partial charge in [-0.2, -0.15) is 0 Å². The van der Waals surface area contributed by atoms with Crippen molar-refractivity contribution >= 4 is 46.5 Å². The number of benzene rings is 1. The highest BCUT2D eigenvalue weighted by molar-refractivity contribution is 7.80. The molecule has 0 heterocycles. The number of anilines is 2. The van der Waals surface area contributed by atoms with Crippen LogP contribution in [0, 0.1) is 0 Å². The van der Waals surface area contributed by atoms with Crippen LogP contribution in [0.3, 0.4) is 0 Å². The molecule has 124 valence electrons. The average molecular weight is 337 g/mol. The third kappa shape index (κ3) is 7.91. The van der Waals surface area contributed by atoms with E-state index < -0.39 is 5.97 Å². The minimum Gasteiger partial charge on any atom is -0.466 e. The monoisotopic (exact) mass is 337 g/mol. The first-order chi connectivity index (χ1) is 10.9. The van der Waals surface area contributed by atoms with Crippen molar-refractivity contribution in [2.24, 2.45) is 0 Å². The van der Waals surface area contributed by atoms with Crippen LogP contribution in [0.15, 0.2) is 24.3 Å². The lowest BCUT2D eigenvalue weighted by molar-refractivity contribution is -0.144. The van der Waals surface area contributed by atoms with Gasteiger partial charge in [0.1, 0.15) is 0 Å². The fourth-order valence-corrected chi connectivity index (χ4v) is 1.87. The maximum absolute atomic E-state index is 11.6. The number of thiocarbonyl (C=S) groups is 1. The predicted octanol–water partition coefficient (Wildman–Crippen LogP) is 1.80. The largest absolute Gasteiger partial charge is 0.466 e. The number of hydrogen-bond acceptors (Lipinski definition) is 5. The van der Waals surface area contributed by atoms with Gasteiger partial charge in [0.2, 0.25) is 11.8 Å². The second-order valence-corrected chi connectivity index (χ2v) is 4.97. The summed E-state index contributed by atoms with van der Waals surface area (Å²) < 4.78 is 4.73. The SMILES string of the molecule is CCOC(=O)CCC(=O)NC(=S)Nc1ccc(NC(C)=O)cc1. The first-order valence-corrected chi connectivity index (χ1v) is 7.45. The van der Waals surface area contributed by atoms with Crippen molar-refractivity contribution in [2.75, 3.05) is 17.2 Å². The smallest absolute Gasteiger partial charge is 0.306 e. The molecule has 0 atom stereocenters. The Morgan fingerprint density at radius 1 is 1.04 bits per heavy atom. The summed E-state index contributed by atoms with van der Waals surface area (Å²) >= 11 is 5.02. The Balaban J connectivity index is 2.39. The molecular weight excluding hydrogens is 318 g/mol. The Morgan fingerprint density at radius 2 is 1.61 bits per heavy atom. The van der Waals surface area contributed by atoms with Crippen molar-refractivity contribution in [3.63, 3.8) is 0 Å². The molecule has 0 radical (unpaired) electrons. The third-order valence-electron chi connectivity index (χ3n) is 2.58. The van der Waals surface area contributed by atoms with E-state index in [9.17, 15) is 14.4 Å². The lowest BCUT2D eigenvalue weighted by Crippen LogP contribution is -2.34. The standard InChI is InChI=1S/C15H19N3O4S/c1-3-22-14(21)9-8-13(20)18-15(23)17-12-6-4-11(5-7-12)16-10(2)19/h4-7H,3,8-9H2,1-2H3,(H,16,19)(H2,17,18,20,23). The fraction of sp³-hybridized carbons (Fsp3) is 0.333. The molecule has 0 aliphatic heterocycles. The van der Waals surface area contributed by atoms with Gasteiger partial charge in [-0.05, 0) is 43.4 Å². The zero-order valence-corrected chi connectivity index (χ0v) is 13.8. The molecule has 0 aliphatic carbocycles. The van der Waals surface area contributed by atoms with Gasteiger partial charge in [-0.25, -0.2) is 0 Å². The summed E-state index contributed by atoms with van der Waals surface area (Å²) in [6.45, 7) is 3.41. The second-order valence-electron chi connectivity index (χ2n) is 4.57. The molecule has 1 rings (SSSR count). The van der Waals surface area contributed by atoms with Crippen LogP contribution in [0.25, 0.3) is 0 Å². The number of carbonyl (C=O) groups is 3. The summed E-state index contributed by atoms with van der Waals surface area (Å²) in [5.74, 6) is -0.949. The molecule has 2 amide bonds. The molecule has 0 unspecified atom stereocenters. The van der Waals surface area contributed by atoms with Crippen molar-refractivity contribution in [3.05, 3.63) is 24.3 Å². The lowest BCUT2D eigenvalue weighted by Gasteiger charge is -2.10. The van der Waals surface area contributed by atoms with E-state index >= 15 is 0 Å². The molecule has 0 saturated carbocycles. The van der Waals surface area contributed by atoms with E-state index in [4.69, 9.17) is 17.0 Å². The van der Waals surface area contributed by atoms with Crippen LogP contribution in [0.4, 0.5) is 11.4 Å². The van der Waals surface area contributed by atoms with E-state index in [-0.39, 0.29) is 36.4 Å². The zero-order chi connectivity index (χ0) is 17.2. The molecule has 0 spiro atoms. The van der Waals surface area contributed by atoms with Crippen LogP contribution in [-0.2, 0) is 19.1 Å². The van der Waals surface area contributed by atoms with Crippen molar-refractivity contribution in [3.8, 4) is 0 Å². The Kier molecular flexibility index (Phi) is 7.69. The van der Waals surface area contributed by atoms with Gasteiger partial charge < -0.3 is 20.7 Å². The topological polar surface area (TPSA) is 96.5 Å². The number of nitrogens with one attached hydrogen (secondary N) is 3. The number of amides is 2. The highest BCUT2D eigenvalue weighted by Gasteiger charge is 2.09. The summed E-state index contributed by atoms with van der Waals surface area (Å²) in [7, 11) is 0. The molecule has 8 heteroatoms. The lowest BCUT2D eigenvalue weighted by atomic mass is 10.3. The molecule has 0 aliphatic rings. The highest BCUT2D eigenvalue weighted by Crippen LogP contribution is 2.13. The first-order valence-electron chi connectivity index (χ1n) is 7.04. The summed E-state index contributed by atoms with van der Waals surface area (Å²) in [6.07, 6.45) is 0.00974. The molecular formula is C15H19N3O4S. The van der Waals surface area contributed by atoms with Crippen LogP contribution >= 0.6 is 12.2 Å². The minimum atomic E-state index is -0.421. The van der Waals surface area contributed by atoms with Crippen LogP contribution in [0.1, 0.15) is 26.7 Å². The Morgan fingerprint density at radius 3 is 2.13 bits per heavy atom. The van der Waals surface area contributed by atoms with Crippen LogP contribution in [0.5, 0.6) is 0 Å². The van der Waals surface area contributed by atoms with E-state index in [0.29, 0.717) is 11.4 Å². The molecule has 3 N–H and O–H groups in total. The van der Waals surface area contributed by atoms with E-state index in [2.05, 4.69) is 16.0 Å². The molecule has 1 aromatic rings. The van der Waals surface area contributed by atoms with Gasteiger partial charge in [0.15, 0.2) is 5.11 Å². The van der Waals surface area contributed by atoms with E-state index in [0.717, 1.165) is 0 Å². The van der Waals surface area contributed by atoms with Crippen LogP contribution in [0.2, 0.25) is 0 Å². The number of esters is 1. The van der Waals surface area contributed by atoms with Gasteiger partial charge in [0.25, 0.3) is 0 Å². The number of rotatable bonds is 6. The van der Waals surface area contributed by atoms with Gasteiger partial charge >= 0.3 is 5.97 Å². The highest BCUT2D eigenvalue weighted by atomic mass is 32.1. The van der Waals surface area contributed by atoms with E-state index in [1.54, 1.807) is 31.2 Å². The third-order valence-corrected chi connectivity index (χ3v) is 2.78.